The number of benzene rings is 3. The fourth-order valence-corrected chi connectivity index (χ4v) is 5.76. The molecule has 0 spiro atoms. The molecule has 2 atom stereocenters. The Bertz CT molecular complexity index is 1560. The van der Waals surface area contributed by atoms with E-state index < -0.39 is 18.1 Å². The van der Waals surface area contributed by atoms with E-state index >= 15 is 0 Å². The van der Waals surface area contributed by atoms with Crippen molar-refractivity contribution in [3.63, 3.8) is 0 Å². The summed E-state index contributed by atoms with van der Waals surface area (Å²) in [7, 11) is 2.94. The lowest BCUT2D eigenvalue weighted by molar-refractivity contribution is -0.159. The topological polar surface area (TPSA) is 91.9 Å². The molecule has 8 heteroatoms. The van der Waals surface area contributed by atoms with Gasteiger partial charge in [0.25, 0.3) is 0 Å². The Morgan fingerprint density at radius 2 is 1.71 bits per heavy atom. The molecule has 1 saturated heterocycles. The minimum Gasteiger partial charge on any atom is -0.496 e. The van der Waals surface area contributed by atoms with E-state index in [1.165, 1.54) is 7.11 Å². The molecule has 0 radical (unpaired) electrons. The van der Waals surface area contributed by atoms with E-state index in [-0.39, 0.29) is 24.9 Å². The number of carbonyl (C=O) groups is 3. The average molecular weight is 510 g/mol. The molecule has 1 fully saturated rings. The molecule has 2 unspecified atom stereocenters. The average Bonchev–Trinajstić information content (AvgIpc) is 3.33. The summed E-state index contributed by atoms with van der Waals surface area (Å²) in [6.45, 7) is 0.262. The number of rotatable bonds is 5. The van der Waals surface area contributed by atoms with Crippen LogP contribution in [-0.2, 0) is 27.3 Å². The van der Waals surface area contributed by atoms with Gasteiger partial charge in [-0.3, -0.25) is 9.59 Å². The molecule has 8 nitrogen and oxygen atoms in total. The number of nitrogens with zero attached hydrogens (tertiary/aromatic N) is 2. The third kappa shape index (κ3) is 3.80. The molecule has 2 aliphatic rings. The molecule has 38 heavy (non-hydrogen) atoms. The lowest BCUT2D eigenvalue weighted by Crippen LogP contribution is -2.62. The molecular weight excluding hydrogens is 482 g/mol. The first-order chi connectivity index (χ1) is 18.5. The highest BCUT2D eigenvalue weighted by Gasteiger charge is 2.48. The first kappa shape index (κ1) is 23.8. The Morgan fingerprint density at radius 1 is 0.974 bits per heavy atom. The molecule has 0 bridgehead atoms. The second-order valence-corrected chi connectivity index (χ2v) is 9.61. The number of piperazine rings is 1. The van der Waals surface area contributed by atoms with Crippen LogP contribution in [0.4, 0.5) is 0 Å². The number of aromatic nitrogens is 1. The summed E-state index contributed by atoms with van der Waals surface area (Å²) in [5.74, 6) is 0.0281. The summed E-state index contributed by atoms with van der Waals surface area (Å²) in [5, 5.41) is 1.04. The number of hydrogen-bond donors (Lipinski definition) is 1. The number of ether oxygens (including phenoxy) is 2. The Balaban J connectivity index is 1.43. The van der Waals surface area contributed by atoms with Crippen LogP contribution in [0.15, 0.2) is 72.8 Å². The lowest BCUT2D eigenvalue weighted by atomic mass is 9.86. The summed E-state index contributed by atoms with van der Waals surface area (Å²) in [5.41, 5.74) is 4.97. The van der Waals surface area contributed by atoms with Crippen LogP contribution in [0, 0.1) is 0 Å². The number of methoxy groups -OCH3 is 2. The Kier molecular flexibility index (Phi) is 5.87. The molecule has 4 aromatic rings. The van der Waals surface area contributed by atoms with Gasteiger partial charge in [0.05, 0.1) is 25.8 Å². The van der Waals surface area contributed by atoms with Gasteiger partial charge in [-0.15, -0.1) is 0 Å². The highest BCUT2D eigenvalue weighted by Crippen LogP contribution is 2.42. The third-order valence-corrected chi connectivity index (χ3v) is 7.54. The van der Waals surface area contributed by atoms with Gasteiger partial charge in [-0.25, -0.2) is 4.79 Å². The minimum atomic E-state index is -0.650. The maximum absolute atomic E-state index is 14.0. The van der Waals surface area contributed by atoms with Gasteiger partial charge in [0, 0.05) is 35.1 Å². The molecule has 0 aliphatic carbocycles. The molecular formula is C30H27N3O5. The zero-order valence-corrected chi connectivity index (χ0v) is 21.1. The monoisotopic (exact) mass is 509 g/mol. The van der Waals surface area contributed by atoms with Crippen molar-refractivity contribution < 1.29 is 23.9 Å². The molecule has 2 amide bonds. The van der Waals surface area contributed by atoms with Crippen molar-refractivity contribution in [2.45, 2.75) is 25.0 Å². The van der Waals surface area contributed by atoms with Crippen LogP contribution in [0.5, 0.6) is 5.75 Å². The summed E-state index contributed by atoms with van der Waals surface area (Å²) >= 11 is 0. The number of amides is 2. The number of carbonyl (C=O) groups excluding carboxylic acids is 3. The highest BCUT2D eigenvalue weighted by molar-refractivity contribution is 5.97. The second-order valence-electron chi connectivity index (χ2n) is 9.61. The number of para-hydroxylation sites is 2. The van der Waals surface area contributed by atoms with Crippen molar-refractivity contribution in [3.8, 4) is 5.75 Å². The number of hydrogen-bond acceptors (Lipinski definition) is 5. The summed E-state index contributed by atoms with van der Waals surface area (Å²) < 4.78 is 10.3. The lowest BCUT2D eigenvalue weighted by Gasteiger charge is -2.47. The fraction of sp³-hybridized carbons (Fsp3) is 0.233. The van der Waals surface area contributed by atoms with Crippen LogP contribution in [0.3, 0.4) is 0 Å². The van der Waals surface area contributed by atoms with E-state index in [4.69, 9.17) is 9.47 Å². The standard InChI is InChI=1S/C30H27N3O5/c1-37-25-10-6-3-7-20(25)16-32-17-26(34)33-24(29(32)35)15-22-21-8-4-5-9-23(21)31-27(22)28(33)18-11-13-19(14-12-18)30(36)38-2/h3-14,24,28,31H,15-17H2,1-2H3. The predicted molar refractivity (Wildman–Crippen MR) is 141 cm³/mol. The molecule has 1 N–H and O–H groups in total. The molecule has 6 rings (SSSR count). The first-order valence-corrected chi connectivity index (χ1v) is 12.5. The number of H-pyrrole nitrogens is 1. The Morgan fingerprint density at radius 3 is 2.47 bits per heavy atom. The zero-order valence-electron chi connectivity index (χ0n) is 21.1. The molecule has 3 aromatic carbocycles. The van der Waals surface area contributed by atoms with E-state index in [2.05, 4.69) is 4.98 Å². The van der Waals surface area contributed by atoms with Crippen LogP contribution in [0.25, 0.3) is 10.9 Å². The predicted octanol–water partition coefficient (Wildman–Crippen LogP) is 3.85. The van der Waals surface area contributed by atoms with Crippen LogP contribution in [-0.4, -0.2) is 59.4 Å². The maximum Gasteiger partial charge on any atom is 0.337 e. The normalized spacial score (nSPS) is 18.8. The smallest absolute Gasteiger partial charge is 0.337 e. The quantitative estimate of drug-likeness (QED) is 0.413. The van der Waals surface area contributed by atoms with Crippen molar-refractivity contribution in [1.82, 2.24) is 14.8 Å². The fourth-order valence-electron chi connectivity index (χ4n) is 5.76. The summed E-state index contributed by atoms with van der Waals surface area (Å²) in [6.07, 6.45) is 0.420. The highest BCUT2D eigenvalue weighted by atomic mass is 16.5. The van der Waals surface area contributed by atoms with E-state index in [0.29, 0.717) is 17.7 Å². The molecule has 0 saturated carbocycles. The van der Waals surface area contributed by atoms with Gasteiger partial charge in [-0.1, -0.05) is 48.5 Å². The van der Waals surface area contributed by atoms with Gasteiger partial charge in [-0.05, 0) is 35.4 Å². The van der Waals surface area contributed by atoms with Crippen molar-refractivity contribution in [1.29, 1.82) is 0 Å². The maximum atomic E-state index is 14.0. The zero-order chi connectivity index (χ0) is 26.4. The Hall–Kier alpha value is -4.59. The molecule has 1 aromatic heterocycles. The number of esters is 1. The summed E-state index contributed by atoms with van der Waals surface area (Å²) in [6, 6.07) is 21.4. The van der Waals surface area contributed by atoms with Gasteiger partial charge >= 0.3 is 5.97 Å². The van der Waals surface area contributed by atoms with Crippen LogP contribution in [0.1, 0.15) is 38.8 Å². The van der Waals surface area contributed by atoms with Crippen LogP contribution >= 0.6 is 0 Å². The van der Waals surface area contributed by atoms with Crippen LogP contribution < -0.4 is 4.74 Å². The number of nitrogens with one attached hydrogen (secondary N) is 1. The van der Waals surface area contributed by atoms with Crippen molar-refractivity contribution in [2.24, 2.45) is 0 Å². The number of fused-ring (bicyclic) bond motifs is 4. The van der Waals surface area contributed by atoms with Crippen LogP contribution in [0.2, 0.25) is 0 Å². The second kappa shape index (κ2) is 9.37. The van der Waals surface area contributed by atoms with E-state index in [1.807, 2.05) is 60.7 Å². The van der Waals surface area contributed by atoms with Crippen molar-refractivity contribution >= 4 is 28.7 Å². The van der Waals surface area contributed by atoms with E-state index in [1.54, 1.807) is 29.0 Å². The third-order valence-electron chi connectivity index (χ3n) is 7.54. The molecule has 2 aliphatic heterocycles. The van der Waals surface area contributed by atoms with Gasteiger partial charge in [-0.2, -0.15) is 0 Å². The SMILES string of the molecule is COC(=O)c1ccc(C2c3[nH]c4ccccc4c3CC3C(=O)N(Cc4ccccc4OC)CC(=O)N32)cc1. The van der Waals surface area contributed by atoms with Gasteiger partial charge < -0.3 is 24.3 Å². The largest absolute Gasteiger partial charge is 0.496 e. The van der Waals surface area contributed by atoms with Gasteiger partial charge in [0.2, 0.25) is 11.8 Å². The summed E-state index contributed by atoms with van der Waals surface area (Å²) in [4.78, 5) is 46.6. The first-order valence-electron chi connectivity index (χ1n) is 12.5. The van der Waals surface area contributed by atoms with E-state index in [9.17, 15) is 14.4 Å². The van der Waals surface area contributed by atoms with Crippen molar-refractivity contribution in [2.75, 3.05) is 20.8 Å². The molecule has 192 valence electrons. The molecule has 3 heterocycles. The van der Waals surface area contributed by atoms with Gasteiger partial charge in [0.15, 0.2) is 0 Å². The number of aromatic amines is 1. The van der Waals surface area contributed by atoms with Crippen molar-refractivity contribution in [3.05, 3.63) is 101 Å². The van der Waals surface area contributed by atoms with Gasteiger partial charge in [0.1, 0.15) is 18.3 Å². The van der Waals surface area contributed by atoms with E-state index in [0.717, 1.165) is 33.3 Å². The Labute approximate surface area is 219 Å². The minimum absolute atomic E-state index is 0.0281.